The van der Waals surface area contributed by atoms with Gasteiger partial charge in [-0.1, -0.05) is 35.0 Å². The number of carbonyl (C=O) groups is 3. The first-order chi connectivity index (χ1) is 10.4. The summed E-state index contributed by atoms with van der Waals surface area (Å²) >= 11 is 3.30. The summed E-state index contributed by atoms with van der Waals surface area (Å²) in [5.41, 5.74) is 0.574. The van der Waals surface area contributed by atoms with Gasteiger partial charge < -0.3 is 10.6 Å². The Balaban J connectivity index is 2.37. The molecule has 0 aliphatic heterocycles. The molecule has 120 valence electrons. The van der Waals surface area contributed by atoms with E-state index < -0.39 is 6.04 Å². The Hall–Kier alpha value is -1.69. The summed E-state index contributed by atoms with van der Waals surface area (Å²) in [4.78, 5) is 35.3. The molecule has 0 aliphatic rings. The first-order valence-electron chi connectivity index (χ1n) is 7.30. The number of Topliss-reactive ketones (excluding diaryl/α,β-unsaturated/α-hetero) is 1. The van der Waals surface area contributed by atoms with E-state index >= 15 is 0 Å². The minimum atomic E-state index is -0.596. The predicted molar refractivity (Wildman–Crippen MR) is 88.6 cm³/mol. The highest BCUT2D eigenvalue weighted by Gasteiger charge is 2.16. The Kier molecular flexibility index (Phi) is 7.80. The molecule has 0 radical (unpaired) electrons. The molecule has 2 amide bonds. The summed E-state index contributed by atoms with van der Waals surface area (Å²) in [6, 6.07) is 6.40. The van der Waals surface area contributed by atoms with Crippen molar-refractivity contribution >= 4 is 33.5 Å². The molecule has 0 saturated heterocycles. The summed E-state index contributed by atoms with van der Waals surface area (Å²) < 4.78 is 0.897. The molecule has 0 aliphatic carbocycles. The van der Waals surface area contributed by atoms with Gasteiger partial charge in [-0.05, 0) is 25.5 Å². The lowest BCUT2D eigenvalue weighted by Crippen LogP contribution is -2.45. The highest BCUT2D eigenvalue weighted by atomic mass is 79.9. The van der Waals surface area contributed by atoms with E-state index in [-0.39, 0.29) is 30.4 Å². The summed E-state index contributed by atoms with van der Waals surface area (Å²) in [7, 11) is 0. The van der Waals surface area contributed by atoms with Crippen LogP contribution in [0.25, 0.3) is 0 Å². The van der Waals surface area contributed by atoms with Gasteiger partial charge in [-0.25, -0.2) is 0 Å². The highest BCUT2D eigenvalue weighted by molar-refractivity contribution is 9.10. The number of hydrogen-bond acceptors (Lipinski definition) is 3. The molecule has 0 aromatic heterocycles. The van der Waals surface area contributed by atoms with E-state index in [9.17, 15) is 14.4 Å². The maximum absolute atomic E-state index is 11.9. The van der Waals surface area contributed by atoms with Crippen LogP contribution in [-0.4, -0.2) is 30.2 Å². The van der Waals surface area contributed by atoms with Gasteiger partial charge in [0.2, 0.25) is 11.8 Å². The van der Waals surface area contributed by atoms with Gasteiger partial charge in [0.15, 0.2) is 5.78 Å². The minimum absolute atomic E-state index is 0.0697. The van der Waals surface area contributed by atoms with Gasteiger partial charge >= 0.3 is 0 Å². The maximum Gasteiger partial charge on any atom is 0.242 e. The smallest absolute Gasteiger partial charge is 0.242 e. The molecule has 0 spiro atoms. The van der Waals surface area contributed by atoms with Crippen LogP contribution in [0.15, 0.2) is 28.7 Å². The number of amides is 2. The second-order valence-electron chi connectivity index (χ2n) is 5.01. The van der Waals surface area contributed by atoms with Crippen molar-refractivity contribution in [3.63, 3.8) is 0 Å². The van der Waals surface area contributed by atoms with Crippen LogP contribution in [-0.2, 0) is 9.59 Å². The molecule has 1 rings (SSSR count). The second kappa shape index (κ2) is 9.35. The molecular formula is C16H21BrN2O3. The monoisotopic (exact) mass is 368 g/mol. The number of ketones is 1. The van der Waals surface area contributed by atoms with Crippen molar-refractivity contribution in [3.8, 4) is 0 Å². The third kappa shape index (κ3) is 6.39. The fourth-order valence-electron chi connectivity index (χ4n) is 1.79. The Morgan fingerprint density at radius 2 is 1.77 bits per heavy atom. The van der Waals surface area contributed by atoms with Crippen molar-refractivity contribution in [1.82, 2.24) is 10.6 Å². The number of nitrogens with one attached hydrogen (secondary N) is 2. The second-order valence-corrected chi connectivity index (χ2v) is 5.93. The largest absolute Gasteiger partial charge is 0.354 e. The summed E-state index contributed by atoms with van der Waals surface area (Å²) in [5, 5.41) is 5.30. The van der Waals surface area contributed by atoms with Gasteiger partial charge in [0.25, 0.3) is 0 Å². The molecule has 5 nitrogen and oxygen atoms in total. The van der Waals surface area contributed by atoms with Crippen molar-refractivity contribution in [3.05, 3.63) is 34.3 Å². The lowest BCUT2D eigenvalue weighted by molar-refractivity contribution is -0.128. The average molecular weight is 369 g/mol. The van der Waals surface area contributed by atoms with Gasteiger partial charge in [0.1, 0.15) is 6.04 Å². The van der Waals surface area contributed by atoms with E-state index in [1.165, 1.54) is 0 Å². The van der Waals surface area contributed by atoms with Crippen LogP contribution in [0.5, 0.6) is 0 Å². The zero-order chi connectivity index (χ0) is 16.5. The Labute approximate surface area is 139 Å². The van der Waals surface area contributed by atoms with Gasteiger partial charge in [-0.2, -0.15) is 0 Å². The van der Waals surface area contributed by atoms with Crippen molar-refractivity contribution < 1.29 is 14.4 Å². The van der Waals surface area contributed by atoms with Crippen LogP contribution in [0, 0.1) is 0 Å². The van der Waals surface area contributed by atoms with E-state index in [0.717, 1.165) is 10.9 Å². The molecule has 22 heavy (non-hydrogen) atoms. The van der Waals surface area contributed by atoms with Gasteiger partial charge in [0.05, 0.1) is 0 Å². The van der Waals surface area contributed by atoms with Gasteiger partial charge in [0, 0.05) is 29.4 Å². The van der Waals surface area contributed by atoms with Crippen LogP contribution in [0.2, 0.25) is 0 Å². The Morgan fingerprint density at radius 3 is 2.36 bits per heavy atom. The van der Waals surface area contributed by atoms with Crippen molar-refractivity contribution in [2.24, 2.45) is 0 Å². The third-order valence-corrected chi connectivity index (χ3v) is 3.59. The van der Waals surface area contributed by atoms with Crippen molar-refractivity contribution in [2.75, 3.05) is 6.54 Å². The first kappa shape index (κ1) is 18.4. The molecule has 1 aromatic rings. The Bertz CT molecular complexity index is 529. The average Bonchev–Trinajstić information content (AvgIpc) is 2.50. The minimum Gasteiger partial charge on any atom is -0.354 e. The SMILES string of the molecule is CCCNC(=O)C(C)NC(=O)CCC(=O)c1ccc(Br)cc1. The van der Waals surface area contributed by atoms with Gasteiger partial charge in [-0.15, -0.1) is 0 Å². The molecule has 1 atom stereocenters. The number of carbonyl (C=O) groups excluding carboxylic acids is 3. The number of hydrogen-bond donors (Lipinski definition) is 2. The fourth-order valence-corrected chi connectivity index (χ4v) is 2.05. The number of halogens is 1. The van der Waals surface area contributed by atoms with Crippen LogP contribution >= 0.6 is 15.9 Å². The van der Waals surface area contributed by atoms with E-state index in [1.54, 1.807) is 31.2 Å². The maximum atomic E-state index is 11.9. The molecular weight excluding hydrogens is 348 g/mol. The summed E-state index contributed by atoms with van der Waals surface area (Å²) in [6.07, 6.45) is 1.03. The van der Waals surface area contributed by atoms with Crippen LogP contribution < -0.4 is 10.6 Å². The summed E-state index contributed by atoms with van der Waals surface area (Å²) in [5.74, 6) is -0.607. The molecule has 6 heteroatoms. The van der Waals surface area contributed by atoms with Crippen LogP contribution in [0.4, 0.5) is 0 Å². The van der Waals surface area contributed by atoms with E-state index in [4.69, 9.17) is 0 Å². The van der Waals surface area contributed by atoms with E-state index in [0.29, 0.717) is 12.1 Å². The zero-order valence-corrected chi connectivity index (χ0v) is 14.4. The lowest BCUT2D eigenvalue weighted by atomic mass is 10.1. The summed E-state index contributed by atoms with van der Waals surface area (Å²) in [6.45, 7) is 4.16. The zero-order valence-electron chi connectivity index (χ0n) is 12.8. The first-order valence-corrected chi connectivity index (χ1v) is 8.09. The normalized spacial score (nSPS) is 11.6. The molecule has 1 unspecified atom stereocenters. The van der Waals surface area contributed by atoms with E-state index in [2.05, 4.69) is 26.6 Å². The third-order valence-electron chi connectivity index (χ3n) is 3.07. The molecule has 0 bridgehead atoms. The topological polar surface area (TPSA) is 75.3 Å². The molecule has 2 N–H and O–H groups in total. The van der Waals surface area contributed by atoms with Crippen molar-refractivity contribution in [1.29, 1.82) is 0 Å². The fraction of sp³-hybridized carbons (Fsp3) is 0.438. The molecule has 1 aromatic carbocycles. The van der Waals surface area contributed by atoms with Crippen LogP contribution in [0.3, 0.4) is 0 Å². The van der Waals surface area contributed by atoms with Crippen LogP contribution in [0.1, 0.15) is 43.5 Å². The molecule has 0 fully saturated rings. The molecule has 0 saturated carbocycles. The van der Waals surface area contributed by atoms with Crippen molar-refractivity contribution in [2.45, 2.75) is 39.2 Å². The van der Waals surface area contributed by atoms with E-state index in [1.807, 2.05) is 6.92 Å². The lowest BCUT2D eigenvalue weighted by Gasteiger charge is -2.13. The highest BCUT2D eigenvalue weighted by Crippen LogP contribution is 2.12. The standard InChI is InChI=1S/C16H21BrN2O3/c1-3-10-18-16(22)11(2)19-15(21)9-8-14(20)12-4-6-13(17)7-5-12/h4-7,11H,3,8-10H2,1-2H3,(H,18,22)(H,19,21). The molecule has 0 heterocycles. The quantitative estimate of drug-likeness (QED) is 0.692. The van der Waals surface area contributed by atoms with Gasteiger partial charge in [-0.3, -0.25) is 14.4 Å². The Morgan fingerprint density at radius 1 is 1.14 bits per heavy atom. The number of rotatable bonds is 8. The number of benzene rings is 1. The predicted octanol–water partition coefficient (Wildman–Crippen LogP) is 2.44.